The summed E-state index contributed by atoms with van der Waals surface area (Å²) in [6.45, 7) is 1.87. The molecule has 118 valence electrons. The Kier molecular flexibility index (Phi) is 3.83. The van der Waals surface area contributed by atoms with E-state index in [-0.39, 0.29) is 33.1 Å². The number of halogens is 1. The average molecular weight is 333 g/mol. The summed E-state index contributed by atoms with van der Waals surface area (Å²) < 4.78 is 19.6. The van der Waals surface area contributed by atoms with Gasteiger partial charge in [0.2, 0.25) is 0 Å². The third kappa shape index (κ3) is 2.68. The van der Waals surface area contributed by atoms with E-state index in [1.165, 1.54) is 35.0 Å². The molecule has 0 aliphatic rings. The molecule has 8 heteroatoms. The molecule has 3 rings (SSSR count). The highest BCUT2D eigenvalue weighted by atomic mass is 32.1. The summed E-state index contributed by atoms with van der Waals surface area (Å²) in [5.41, 5.74) is 6.07. The Balaban J connectivity index is 2.30. The van der Waals surface area contributed by atoms with Crippen LogP contribution in [0.4, 0.5) is 9.52 Å². The van der Waals surface area contributed by atoms with Gasteiger partial charge in [-0.25, -0.2) is 14.2 Å². The van der Waals surface area contributed by atoms with Gasteiger partial charge in [0.1, 0.15) is 21.6 Å². The van der Waals surface area contributed by atoms with Gasteiger partial charge in [-0.05, 0) is 31.2 Å². The predicted octanol–water partition coefficient (Wildman–Crippen LogP) is 2.35. The Labute approximate surface area is 133 Å². The number of ether oxygens (including phenoxy) is 1. The highest BCUT2D eigenvalue weighted by Crippen LogP contribution is 2.25. The van der Waals surface area contributed by atoms with Crippen molar-refractivity contribution in [3.05, 3.63) is 52.2 Å². The number of anilines is 1. The summed E-state index contributed by atoms with van der Waals surface area (Å²) in [5.74, 6) is -1.02. The second-order valence-electron chi connectivity index (χ2n) is 4.64. The van der Waals surface area contributed by atoms with Crippen LogP contribution in [0.25, 0.3) is 15.9 Å². The number of esters is 1. The normalized spacial score (nSPS) is 10.9. The summed E-state index contributed by atoms with van der Waals surface area (Å²) >= 11 is 0.992. The molecule has 0 amide bonds. The minimum absolute atomic E-state index is 0.138. The van der Waals surface area contributed by atoms with Crippen LogP contribution in [0.15, 0.2) is 35.3 Å². The smallest absolute Gasteiger partial charge is 0.341 e. The zero-order chi connectivity index (χ0) is 16.6. The number of pyridine rings is 1. The highest BCUT2D eigenvalue weighted by molar-refractivity contribution is 7.22. The number of rotatable bonds is 3. The topological polar surface area (TPSA) is 87.2 Å². The molecule has 0 radical (unpaired) electrons. The lowest BCUT2D eigenvalue weighted by molar-refractivity contribution is 0.0527. The molecule has 0 aliphatic heterocycles. The fourth-order valence-electron chi connectivity index (χ4n) is 2.17. The number of carbonyl (C=O) groups is 1. The van der Waals surface area contributed by atoms with Gasteiger partial charge in [0.25, 0.3) is 5.56 Å². The second-order valence-corrected chi connectivity index (χ2v) is 5.68. The van der Waals surface area contributed by atoms with Crippen LogP contribution in [0.1, 0.15) is 17.3 Å². The number of fused-ring (bicyclic) bond motifs is 1. The largest absolute Gasteiger partial charge is 0.462 e. The lowest BCUT2D eigenvalue weighted by Gasteiger charge is -2.09. The maximum atomic E-state index is 13.1. The Morgan fingerprint density at radius 3 is 2.74 bits per heavy atom. The van der Waals surface area contributed by atoms with Crippen LogP contribution in [0, 0.1) is 5.82 Å². The number of hydrogen-bond donors (Lipinski definition) is 1. The van der Waals surface area contributed by atoms with Gasteiger partial charge < -0.3 is 10.5 Å². The van der Waals surface area contributed by atoms with Gasteiger partial charge >= 0.3 is 5.97 Å². The molecule has 0 unspecified atom stereocenters. The molecule has 2 aromatic heterocycles. The summed E-state index contributed by atoms with van der Waals surface area (Å²) in [5, 5.41) is 0.180. The van der Waals surface area contributed by atoms with Crippen molar-refractivity contribution in [2.75, 3.05) is 12.3 Å². The number of aromatic nitrogens is 2. The summed E-state index contributed by atoms with van der Waals surface area (Å²) in [6, 6.07) is 5.36. The molecule has 0 spiro atoms. The van der Waals surface area contributed by atoms with Gasteiger partial charge in [-0.1, -0.05) is 11.3 Å². The van der Waals surface area contributed by atoms with Crippen LogP contribution in [0.5, 0.6) is 0 Å². The average Bonchev–Trinajstić information content (AvgIpc) is 2.91. The van der Waals surface area contributed by atoms with E-state index in [0.717, 1.165) is 11.3 Å². The van der Waals surface area contributed by atoms with Crippen LogP contribution < -0.4 is 11.3 Å². The molecule has 6 nitrogen and oxygen atoms in total. The van der Waals surface area contributed by atoms with E-state index in [2.05, 4.69) is 4.98 Å². The van der Waals surface area contributed by atoms with Crippen molar-refractivity contribution in [1.29, 1.82) is 0 Å². The van der Waals surface area contributed by atoms with Crippen molar-refractivity contribution in [2.24, 2.45) is 0 Å². The molecular weight excluding hydrogens is 321 g/mol. The van der Waals surface area contributed by atoms with Crippen LogP contribution in [0.3, 0.4) is 0 Å². The Morgan fingerprint density at radius 2 is 2.09 bits per heavy atom. The standard InChI is InChI=1S/C15H12FN3O3S/c1-2-22-14(21)10-7-19(9-5-3-8(16)4-6-9)13(20)12-11(10)18-15(17)23-12/h3-7H,2H2,1H3,(H2,17,18). The van der Waals surface area contributed by atoms with Gasteiger partial charge in [0, 0.05) is 11.9 Å². The van der Waals surface area contributed by atoms with Gasteiger partial charge in [-0.3, -0.25) is 9.36 Å². The first-order valence-corrected chi connectivity index (χ1v) is 7.57. The van der Waals surface area contributed by atoms with Crippen molar-refractivity contribution in [3.8, 4) is 5.69 Å². The van der Waals surface area contributed by atoms with E-state index in [0.29, 0.717) is 5.69 Å². The molecule has 1 aromatic carbocycles. The molecule has 2 heterocycles. The van der Waals surface area contributed by atoms with Crippen molar-refractivity contribution < 1.29 is 13.9 Å². The molecule has 0 atom stereocenters. The van der Waals surface area contributed by atoms with E-state index in [9.17, 15) is 14.0 Å². The van der Waals surface area contributed by atoms with Crippen molar-refractivity contribution in [1.82, 2.24) is 9.55 Å². The van der Waals surface area contributed by atoms with E-state index in [4.69, 9.17) is 10.5 Å². The van der Waals surface area contributed by atoms with Crippen LogP contribution in [-0.4, -0.2) is 22.1 Å². The number of thiazole rings is 1. The third-order valence-electron chi connectivity index (χ3n) is 3.17. The minimum atomic E-state index is -0.598. The van der Waals surface area contributed by atoms with Gasteiger partial charge in [-0.15, -0.1) is 0 Å². The Hall–Kier alpha value is -2.74. The number of carbonyl (C=O) groups excluding carboxylic acids is 1. The number of hydrogen-bond acceptors (Lipinski definition) is 6. The first-order valence-electron chi connectivity index (χ1n) is 6.76. The molecule has 0 aliphatic carbocycles. The SMILES string of the molecule is CCOC(=O)c1cn(-c2ccc(F)cc2)c(=O)c2sc(N)nc12. The predicted molar refractivity (Wildman–Crippen MR) is 85.5 cm³/mol. The maximum Gasteiger partial charge on any atom is 0.341 e. The third-order valence-corrected chi connectivity index (χ3v) is 4.04. The van der Waals surface area contributed by atoms with E-state index in [1.54, 1.807) is 6.92 Å². The molecule has 3 aromatic rings. The van der Waals surface area contributed by atoms with E-state index >= 15 is 0 Å². The first-order chi connectivity index (χ1) is 11.0. The minimum Gasteiger partial charge on any atom is -0.462 e. The molecule has 0 fully saturated rings. The van der Waals surface area contributed by atoms with Gasteiger partial charge in [-0.2, -0.15) is 0 Å². The van der Waals surface area contributed by atoms with Gasteiger partial charge in [0.05, 0.1) is 6.61 Å². The van der Waals surface area contributed by atoms with Crippen LogP contribution in [-0.2, 0) is 4.74 Å². The van der Waals surface area contributed by atoms with Crippen molar-refractivity contribution in [2.45, 2.75) is 6.92 Å². The Bertz CT molecular complexity index is 947. The Morgan fingerprint density at radius 1 is 1.39 bits per heavy atom. The van der Waals surface area contributed by atoms with Gasteiger partial charge in [0.15, 0.2) is 5.13 Å². The van der Waals surface area contributed by atoms with Crippen LogP contribution in [0.2, 0.25) is 0 Å². The molecule has 0 saturated heterocycles. The number of benzene rings is 1. The number of nitrogen functional groups attached to an aromatic ring is 1. The van der Waals surface area contributed by atoms with Crippen LogP contribution >= 0.6 is 11.3 Å². The monoisotopic (exact) mass is 333 g/mol. The zero-order valence-corrected chi connectivity index (χ0v) is 12.9. The fraction of sp³-hybridized carbons (Fsp3) is 0.133. The molecule has 23 heavy (non-hydrogen) atoms. The zero-order valence-electron chi connectivity index (χ0n) is 12.1. The summed E-state index contributed by atoms with van der Waals surface area (Å²) in [4.78, 5) is 28.8. The molecule has 0 bridgehead atoms. The van der Waals surface area contributed by atoms with E-state index < -0.39 is 11.8 Å². The highest BCUT2D eigenvalue weighted by Gasteiger charge is 2.20. The van der Waals surface area contributed by atoms with Crippen molar-refractivity contribution >= 4 is 32.7 Å². The molecule has 2 N–H and O–H groups in total. The molecular formula is C15H12FN3O3S. The quantitative estimate of drug-likeness (QED) is 0.743. The number of nitrogens with zero attached hydrogens (tertiary/aromatic N) is 2. The summed E-state index contributed by atoms with van der Waals surface area (Å²) in [7, 11) is 0. The maximum absolute atomic E-state index is 13.1. The lowest BCUT2D eigenvalue weighted by atomic mass is 10.2. The first kappa shape index (κ1) is 15.2. The second kappa shape index (κ2) is 5.81. The number of nitrogens with two attached hydrogens (primary N) is 1. The fourth-order valence-corrected chi connectivity index (χ4v) is 2.96. The molecule has 0 saturated carbocycles. The van der Waals surface area contributed by atoms with E-state index in [1.807, 2.05) is 0 Å². The summed E-state index contributed by atoms with van der Waals surface area (Å²) in [6.07, 6.45) is 1.34. The lowest BCUT2D eigenvalue weighted by Crippen LogP contribution is -2.20. The van der Waals surface area contributed by atoms with Crippen molar-refractivity contribution in [3.63, 3.8) is 0 Å².